The maximum Gasteiger partial charge on any atom is 0.232 e. The summed E-state index contributed by atoms with van der Waals surface area (Å²) < 4.78 is 0. The molecule has 0 saturated heterocycles. The van der Waals surface area contributed by atoms with Gasteiger partial charge < -0.3 is 10.0 Å². The van der Waals surface area contributed by atoms with E-state index in [9.17, 15) is 9.90 Å². The molecule has 0 bridgehead atoms. The van der Waals surface area contributed by atoms with Crippen molar-refractivity contribution in [1.29, 1.82) is 0 Å². The highest BCUT2D eigenvalue weighted by atomic mass is 35.5. The summed E-state index contributed by atoms with van der Waals surface area (Å²) in [7, 11) is 1.78. The molecule has 1 fully saturated rings. The number of benzene rings is 1. The zero-order chi connectivity index (χ0) is 15.3. The Morgan fingerprint density at radius 2 is 2.14 bits per heavy atom. The first kappa shape index (κ1) is 16.7. The molecule has 21 heavy (non-hydrogen) atoms. The van der Waals surface area contributed by atoms with Crippen LogP contribution in [0.2, 0.25) is 5.02 Å². The van der Waals surface area contributed by atoms with Gasteiger partial charge in [0.15, 0.2) is 0 Å². The number of hydrogen-bond donors (Lipinski definition) is 1. The van der Waals surface area contributed by atoms with E-state index in [2.05, 4.69) is 0 Å². The molecule has 1 aromatic rings. The molecule has 0 aliphatic heterocycles. The lowest BCUT2D eigenvalue weighted by Gasteiger charge is -2.28. The van der Waals surface area contributed by atoms with Crippen LogP contribution in [0.4, 0.5) is 0 Å². The smallest absolute Gasteiger partial charge is 0.232 e. The standard InChI is InChI=1S/C16H22ClNO2S/c1-18(12-16(20)7-2-3-8-16)15(19)11-21-10-13-5-4-6-14(17)9-13/h4-6,9,20H,2-3,7-8,10-12H2,1H3. The molecular weight excluding hydrogens is 306 g/mol. The molecule has 0 heterocycles. The van der Waals surface area contributed by atoms with Crippen molar-refractivity contribution < 1.29 is 9.90 Å². The van der Waals surface area contributed by atoms with E-state index in [1.807, 2.05) is 24.3 Å². The minimum atomic E-state index is -0.665. The maximum atomic E-state index is 12.1. The summed E-state index contributed by atoms with van der Waals surface area (Å²) in [6, 6.07) is 7.69. The summed E-state index contributed by atoms with van der Waals surface area (Å²) >= 11 is 7.51. The number of likely N-dealkylation sites (N-methyl/N-ethyl adjacent to an activating group) is 1. The first-order chi connectivity index (χ1) is 9.98. The maximum absolute atomic E-state index is 12.1. The molecule has 1 aliphatic carbocycles. The molecule has 1 amide bonds. The second-order valence-electron chi connectivity index (χ2n) is 5.80. The second-order valence-corrected chi connectivity index (χ2v) is 7.23. The highest BCUT2D eigenvalue weighted by Gasteiger charge is 2.33. The number of rotatable bonds is 6. The van der Waals surface area contributed by atoms with Crippen LogP contribution in [0.25, 0.3) is 0 Å². The van der Waals surface area contributed by atoms with Crippen molar-refractivity contribution in [2.24, 2.45) is 0 Å². The zero-order valence-corrected chi connectivity index (χ0v) is 13.9. The number of aliphatic hydroxyl groups is 1. The Labute approximate surface area is 135 Å². The second kappa shape index (κ2) is 7.52. The molecular formula is C16H22ClNO2S. The van der Waals surface area contributed by atoms with Gasteiger partial charge in [-0.1, -0.05) is 36.6 Å². The number of carbonyl (C=O) groups excluding carboxylic acids is 1. The lowest BCUT2D eigenvalue weighted by Crippen LogP contribution is -2.42. The highest BCUT2D eigenvalue weighted by molar-refractivity contribution is 7.99. The van der Waals surface area contributed by atoms with E-state index in [4.69, 9.17) is 11.6 Å². The number of carbonyl (C=O) groups is 1. The highest BCUT2D eigenvalue weighted by Crippen LogP contribution is 2.30. The fourth-order valence-corrected chi connectivity index (χ4v) is 3.84. The van der Waals surface area contributed by atoms with E-state index in [1.54, 1.807) is 23.7 Å². The Bertz CT molecular complexity index is 489. The molecule has 1 N–H and O–H groups in total. The minimum absolute atomic E-state index is 0.0716. The van der Waals surface area contributed by atoms with Crippen molar-refractivity contribution in [3.8, 4) is 0 Å². The largest absolute Gasteiger partial charge is 0.388 e. The van der Waals surface area contributed by atoms with Crippen molar-refractivity contribution in [2.75, 3.05) is 19.3 Å². The molecule has 1 saturated carbocycles. The number of halogens is 1. The summed E-state index contributed by atoms with van der Waals surface area (Å²) in [6.45, 7) is 0.448. The Hall–Kier alpha value is -0.710. The number of thioether (sulfide) groups is 1. The number of hydrogen-bond acceptors (Lipinski definition) is 3. The topological polar surface area (TPSA) is 40.5 Å². The SMILES string of the molecule is CN(CC1(O)CCCC1)C(=O)CSCc1cccc(Cl)c1. The predicted molar refractivity (Wildman–Crippen MR) is 88.7 cm³/mol. The van der Waals surface area contributed by atoms with Crippen LogP contribution in [0.5, 0.6) is 0 Å². The molecule has 3 nitrogen and oxygen atoms in total. The summed E-state index contributed by atoms with van der Waals surface area (Å²) in [4.78, 5) is 13.8. The molecule has 0 spiro atoms. The van der Waals surface area contributed by atoms with Crippen molar-refractivity contribution in [2.45, 2.75) is 37.0 Å². The van der Waals surface area contributed by atoms with E-state index >= 15 is 0 Å². The first-order valence-corrected chi connectivity index (χ1v) is 8.80. The van der Waals surface area contributed by atoms with E-state index < -0.39 is 5.60 Å². The molecule has 116 valence electrons. The van der Waals surface area contributed by atoms with Crippen LogP contribution >= 0.6 is 23.4 Å². The lowest BCUT2D eigenvalue weighted by atomic mass is 10.0. The summed E-state index contributed by atoms with van der Waals surface area (Å²) in [5, 5.41) is 11.1. The minimum Gasteiger partial charge on any atom is -0.388 e. The predicted octanol–water partition coefficient (Wildman–Crippen LogP) is 3.34. The van der Waals surface area contributed by atoms with E-state index in [0.29, 0.717) is 12.3 Å². The third-order valence-electron chi connectivity index (χ3n) is 3.87. The van der Waals surface area contributed by atoms with E-state index in [1.165, 1.54) is 0 Å². The zero-order valence-electron chi connectivity index (χ0n) is 12.3. The Morgan fingerprint density at radius 3 is 2.81 bits per heavy atom. The van der Waals surface area contributed by atoms with Crippen LogP contribution in [0.3, 0.4) is 0 Å². The molecule has 1 aliphatic rings. The van der Waals surface area contributed by atoms with Gasteiger partial charge in [-0.25, -0.2) is 0 Å². The van der Waals surface area contributed by atoms with Gasteiger partial charge in [-0.2, -0.15) is 0 Å². The van der Waals surface area contributed by atoms with Crippen molar-refractivity contribution in [3.05, 3.63) is 34.9 Å². The molecule has 0 aromatic heterocycles. The number of amides is 1. The fraction of sp³-hybridized carbons (Fsp3) is 0.562. The van der Waals surface area contributed by atoms with Gasteiger partial charge >= 0.3 is 0 Å². The Balaban J connectivity index is 1.73. The van der Waals surface area contributed by atoms with Gasteiger partial charge in [0.05, 0.1) is 11.4 Å². The normalized spacial score (nSPS) is 16.9. The van der Waals surface area contributed by atoms with Crippen LogP contribution in [-0.4, -0.2) is 40.9 Å². The molecule has 0 atom stereocenters. The van der Waals surface area contributed by atoms with Crippen molar-refractivity contribution in [1.82, 2.24) is 4.90 Å². The number of nitrogens with zero attached hydrogens (tertiary/aromatic N) is 1. The summed E-state index contributed by atoms with van der Waals surface area (Å²) in [5.74, 6) is 1.27. The van der Waals surface area contributed by atoms with E-state index in [0.717, 1.165) is 42.0 Å². The first-order valence-electron chi connectivity index (χ1n) is 7.27. The van der Waals surface area contributed by atoms with Crippen LogP contribution in [0.15, 0.2) is 24.3 Å². The third kappa shape index (κ3) is 5.20. The van der Waals surface area contributed by atoms with Crippen LogP contribution in [0.1, 0.15) is 31.2 Å². The average Bonchev–Trinajstić information content (AvgIpc) is 2.85. The quantitative estimate of drug-likeness (QED) is 0.871. The fourth-order valence-electron chi connectivity index (χ4n) is 2.71. The Morgan fingerprint density at radius 1 is 1.43 bits per heavy atom. The molecule has 0 unspecified atom stereocenters. The van der Waals surface area contributed by atoms with Gasteiger partial charge in [-0.15, -0.1) is 11.8 Å². The Kier molecular flexibility index (Phi) is 5.97. The lowest BCUT2D eigenvalue weighted by molar-refractivity contribution is -0.130. The molecule has 1 aromatic carbocycles. The van der Waals surface area contributed by atoms with Gasteiger partial charge in [0.2, 0.25) is 5.91 Å². The van der Waals surface area contributed by atoms with Gasteiger partial charge in [0.1, 0.15) is 0 Å². The summed E-state index contributed by atoms with van der Waals surface area (Å²) in [5.41, 5.74) is 0.458. The van der Waals surface area contributed by atoms with Gasteiger partial charge in [-0.3, -0.25) is 4.79 Å². The van der Waals surface area contributed by atoms with Crippen molar-refractivity contribution in [3.63, 3.8) is 0 Å². The van der Waals surface area contributed by atoms with Crippen molar-refractivity contribution >= 4 is 29.3 Å². The average molecular weight is 328 g/mol. The molecule has 2 rings (SSSR count). The molecule has 0 radical (unpaired) electrons. The van der Waals surface area contributed by atoms with Crippen LogP contribution in [-0.2, 0) is 10.5 Å². The summed E-state index contributed by atoms with van der Waals surface area (Å²) in [6.07, 6.45) is 3.73. The van der Waals surface area contributed by atoms with Gasteiger partial charge in [0.25, 0.3) is 0 Å². The monoisotopic (exact) mass is 327 g/mol. The van der Waals surface area contributed by atoms with E-state index in [-0.39, 0.29) is 5.91 Å². The van der Waals surface area contributed by atoms with Gasteiger partial charge in [0, 0.05) is 24.4 Å². The molecule has 5 heteroatoms. The van der Waals surface area contributed by atoms with Crippen LogP contribution < -0.4 is 0 Å². The third-order valence-corrected chi connectivity index (χ3v) is 5.10. The van der Waals surface area contributed by atoms with Crippen LogP contribution in [0, 0.1) is 0 Å². The van der Waals surface area contributed by atoms with Gasteiger partial charge in [-0.05, 0) is 30.5 Å².